The van der Waals surface area contributed by atoms with E-state index in [1.54, 1.807) is 0 Å². The second kappa shape index (κ2) is 6.63. The van der Waals surface area contributed by atoms with Gasteiger partial charge in [0.25, 0.3) is 0 Å². The molecule has 1 aromatic rings. The lowest BCUT2D eigenvalue weighted by molar-refractivity contribution is -0.145. The van der Waals surface area contributed by atoms with Gasteiger partial charge in [-0.25, -0.2) is 0 Å². The summed E-state index contributed by atoms with van der Waals surface area (Å²) in [5.41, 5.74) is 2.28. The van der Waals surface area contributed by atoms with Gasteiger partial charge in [0.15, 0.2) is 0 Å². The molecule has 5 heteroatoms. The molecule has 2 rings (SSSR count). The summed E-state index contributed by atoms with van der Waals surface area (Å²) in [7, 11) is 1.40. The molecule has 1 atom stereocenters. The lowest BCUT2D eigenvalue weighted by atomic mass is 10.1. The molecule has 19 heavy (non-hydrogen) atoms. The largest absolute Gasteiger partial charge is 0.469 e. The first-order chi connectivity index (χ1) is 9.19. The van der Waals surface area contributed by atoms with Crippen LogP contribution >= 0.6 is 0 Å². The van der Waals surface area contributed by atoms with E-state index in [0.29, 0.717) is 13.0 Å². The Kier molecular flexibility index (Phi) is 4.87. The molecule has 0 N–H and O–H groups in total. The maximum absolute atomic E-state index is 11.3. The fourth-order valence-corrected chi connectivity index (χ4v) is 2.21. The number of methoxy groups -OCH3 is 1. The average Bonchev–Trinajstić information content (AvgIpc) is 2.42. The zero-order valence-electron chi connectivity index (χ0n) is 11.5. The van der Waals surface area contributed by atoms with Gasteiger partial charge in [-0.1, -0.05) is 6.07 Å². The molecule has 0 spiro atoms. The summed E-state index contributed by atoms with van der Waals surface area (Å²) < 4.78 is 10.3. The number of carbonyl (C=O) groups excluding carboxylic acids is 1. The summed E-state index contributed by atoms with van der Waals surface area (Å²) in [6, 6.07) is 4.01. The van der Waals surface area contributed by atoms with Gasteiger partial charge < -0.3 is 9.47 Å². The van der Waals surface area contributed by atoms with Crippen molar-refractivity contribution < 1.29 is 14.3 Å². The second-order valence-corrected chi connectivity index (χ2v) is 4.78. The highest BCUT2D eigenvalue weighted by molar-refractivity contribution is 5.69. The van der Waals surface area contributed by atoms with E-state index in [9.17, 15) is 4.79 Å². The summed E-state index contributed by atoms with van der Waals surface area (Å²) in [4.78, 5) is 17.9. The van der Waals surface area contributed by atoms with Crippen molar-refractivity contribution in [1.82, 2.24) is 9.88 Å². The molecular weight excluding hydrogens is 244 g/mol. The van der Waals surface area contributed by atoms with Crippen molar-refractivity contribution in [3.05, 3.63) is 29.6 Å². The van der Waals surface area contributed by atoms with Crippen LogP contribution in [0.15, 0.2) is 18.3 Å². The van der Waals surface area contributed by atoms with E-state index in [1.807, 2.05) is 12.3 Å². The minimum absolute atomic E-state index is 0.0785. The lowest BCUT2D eigenvalue weighted by Gasteiger charge is -2.32. The van der Waals surface area contributed by atoms with Crippen molar-refractivity contribution in [2.75, 3.05) is 26.8 Å². The monoisotopic (exact) mass is 264 g/mol. The van der Waals surface area contributed by atoms with E-state index in [1.165, 1.54) is 12.7 Å². The maximum Gasteiger partial charge on any atom is 0.308 e. The number of aryl methyl sites for hydroxylation is 1. The van der Waals surface area contributed by atoms with Crippen LogP contribution < -0.4 is 0 Å². The second-order valence-electron chi connectivity index (χ2n) is 4.78. The normalized spacial score (nSPS) is 20.2. The van der Waals surface area contributed by atoms with Crippen molar-refractivity contribution in [2.45, 2.75) is 26.0 Å². The van der Waals surface area contributed by atoms with Crippen molar-refractivity contribution in [1.29, 1.82) is 0 Å². The number of hydrogen-bond donors (Lipinski definition) is 0. The Hall–Kier alpha value is -1.46. The van der Waals surface area contributed by atoms with Crippen LogP contribution in [0.5, 0.6) is 0 Å². The molecule has 1 fully saturated rings. The van der Waals surface area contributed by atoms with Crippen molar-refractivity contribution in [3.8, 4) is 0 Å². The summed E-state index contributed by atoms with van der Waals surface area (Å²) in [6.07, 6.45) is 2.05. The van der Waals surface area contributed by atoms with E-state index in [2.05, 4.69) is 27.6 Å². The number of aromatic nitrogens is 1. The standard InChI is InChI=1S/C14H20N2O3/c1-11-4-3-5-15-13(11)10-16-6-7-19-12(9-16)8-14(17)18-2/h3-5,12H,6-10H2,1-2H3. The summed E-state index contributed by atoms with van der Waals surface area (Å²) >= 11 is 0. The van der Waals surface area contributed by atoms with Gasteiger partial charge >= 0.3 is 5.97 Å². The third-order valence-corrected chi connectivity index (χ3v) is 3.34. The van der Waals surface area contributed by atoms with Crippen LogP contribution in [0.2, 0.25) is 0 Å². The molecule has 0 amide bonds. The molecule has 1 aliphatic heterocycles. The van der Waals surface area contributed by atoms with Gasteiger partial charge in [0, 0.05) is 25.8 Å². The third-order valence-electron chi connectivity index (χ3n) is 3.34. The Morgan fingerprint density at radius 1 is 1.63 bits per heavy atom. The number of carbonyl (C=O) groups is 1. The predicted molar refractivity (Wildman–Crippen MR) is 70.6 cm³/mol. The fourth-order valence-electron chi connectivity index (χ4n) is 2.21. The molecule has 1 saturated heterocycles. The number of pyridine rings is 1. The quantitative estimate of drug-likeness (QED) is 0.764. The SMILES string of the molecule is COC(=O)CC1CN(Cc2ncccc2C)CCO1. The molecule has 2 heterocycles. The van der Waals surface area contributed by atoms with E-state index in [0.717, 1.165) is 25.3 Å². The van der Waals surface area contributed by atoms with Crippen molar-refractivity contribution in [3.63, 3.8) is 0 Å². The highest BCUT2D eigenvalue weighted by Crippen LogP contribution is 2.13. The van der Waals surface area contributed by atoms with E-state index in [-0.39, 0.29) is 12.1 Å². The zero-order chi connectivity index (χ0) is 13.7. The minimum atomic E-state index is -0.221. The third kappa shape index (κ3) is 4.01. The highest BCUT2D eigenvalue weighted by Gasteiger charge is 2.23. The average molecular weight is 264 g/mol. The Morgan fingerprint density at radius 3 is 3.21 bits per heavy atom. The van der Waals surface area contributed by atoms with Gasteiger partial charge in [0.1, 0.15) is 0 Å². The van der Waals surface area contributed by atoms with Crippen LogP contribution in [0, 0.1) is 6.92 Å². The Balaban J connectivity index is 1.91. The Labute approximate surface area is 113 Å². The van der Waals surface area contributed by atoms with Crippen LogP contribution in [-0.2, 0) is 20.8 Å². The number of rotatable bonds is 4. The number of esters is 1. The van der Waals surface area contributed by atoms with Crippen molar-refractivity contribution in [2.24, 2.45) is 0 Å². The van der Waals surface area contributed by atoms with Crippen LogP contribution in [0.1, 0.15) is 17.7 Å². The molecule has 0 radical (unpaired) electrons. The lowest BCUT2D eigenvalue weighted by Crippen LogP contribution is -2.43. The maximum atomic E-state index is 11.3. The van der Waals surface area contributed by atoms with Gasteiger partial charge in [-0.05, 0) is 18.6 Å². The van der Waals surface area contributed by atoms with Gasteiger partial charge in [-0.15, -0.1) is 0 Å². The molecule has 1 unspecified atom stereocenters. The zero-order valence-corrected chi connectivity index (χ0v) is 11.5. The molecule has 0 bridgehead atoms. The Morgan fingerprint density at radius 2 is 2.47 bits per heavy atom. The van der Waals surface area contributed by atoms with Gasteiger partial charge in [-0.2, -0.15) is 0 Å². The molecule has 104 valence electrons. The van der Waals surface area contributed by atoms with E-state index in [4.69, 9.17) is 4.74 Å². The molecule has 1 aromatic heterocycles. The first-order valence-corrected chi connectivity index (χ1v) is 6.50. The highest BCUT2D eigenvalue weighted by atomic mass is 16.5. The summed E-state index contributed by atoms with van der Waals surface area (Å²) in [6.45, 7) is 5.12. The van der Waals surface area contributed by atoms with Crippen LogP contribution in [0.3, 0.4) is 0 Å². The summed E-state index contributed by atoms with van der Waals surface area (Å²) in [5.74, 6) is -0.221. The smallest absolute Gasteiger partial charge is 0.308 e. The van der Waals surface area contributed by atoms with E-state index < -0.39 is 0 Å². The van der Waals surface area contributed by atoms with Crippen molar-refractivity contribution >= 4 is 5.97 Å². The molecule has 0 aromatic carbocycles. The van der Waals surface area contributed by atoms with Gasteiger partial charge in [-0.3, -0.25) is 14.7 Å². The molecule has 5 nitrogen and oxygen atoms in total. The number of morpholine rings is 1. The molecule has 0 aliphatic carbocycles. The first-order valence-electron chi connectivity index (χ1n) is 6.50. The van der Waals surface area contributed by atoms with E-state index >= 15 is 0 Å². The fraction of sp³-hybridized carbons (Fsp3) is 0.571. The molecular formula is C14H20N2O3. The molecule has 1 aliphatic rings. The number of nitrogens with zero attached hydrogens (tertiary/aromatic N) is 2. The minimum Gasteiger partial charge on any atom is -0.469 e. The summed E-state index contributed by atoms with van der Waals surface area (Å²) in [5, 5.41) is 0. The predicted octanol–water partition coefficient (Wildman–Crippen LogP) is 1.15. The Bertz CT molecular complexity index is 436. The van der Waals surface area contributed by atoms with Crippen LogP contribution in [-0.4, -0.2) is 48.8 Å². The topological polar surface area (TPSA) is 51.7 Å². The first kappa shape index (κ1) is 14.0. The van der Waals surface area contributed by atoms with Gasteiger partial charge in [0.05, 0.1) is 31.9 Å². The van der Waals surface area contributed by atoms with Crippen LogP contribution in [0.25, 0.3) is 0 Å². The van der Waals surface area contributed by atoms with Crippen LogP contribution in [0.4, 0.5) is 0 Å². The number of hydrogen-bond acceptors (Lipinski definition) is 5. The molecule has 0 saturated carbocycles. The number of ether oxygens (including phenoxy) is 2. The van der Waals surface area contributed by atoms with Gasteiger partial charge in [0.2, 0.25) is 0 Å².